The van der Waals surface area contributed by atoms with Gasteiger partial charge in [0.2, 0.25) is 0 Å². The zero-order chi connectivity index (χ0) is 14.7. The molecule has 0 amide bonds. The van der Waals surface area contributed by atoms with Crippen molar-refractivity contribution < 1.29 is 0 Å². The number of para-hydroxylation sites is 1. The van der Waals surface area contributed by atoms with E-state index >= 15 is 0 Å². The number of nitriles is 1. The molecule has 0 radical (unpaired) electrons. The number of nitrogens with one attached hydrogen (secondary N) is 1. The quantitative estimate of drug-likeness (QED) is 0.923. The van der Waals surface area contributed by atoms with Crippen molar-refractivity contribution in [1.29, 1.82) is 5.26 Å². The minimum Gasteiger partial charge on any atom is -0.377 e. The minimum absolute atomic E-state index is 0.550. The van der Waals surface area contributed by atoms with Crippen molar-refractivity contribution in [2.45, 2.75) is 38.3 Å². The molecule has 4 nitrogen and oxygen atoms in total. The first-order valence-electron chi connectivity index (χ1n) is 7.24. The van der Waals surface area contributed by atoms with E-state index in [1.807, 2.05) is 12.3 Å². The predicted molar refractivity (Wildman–Crippen MR) is 83.2 cm³/mol. The van der Waals surface area contributed by atoms with Gasteiger partial charge in [0.15, 0.2) is 0 Å². The highest BCUT2D eigenvalue weighted by Gasteiger charge is 2.17. The monoisotopic (exact) mass is 300 g/mol. The van der Waals surface area contributed by atoms with Crippen LogP contribution in [-0.2, 0) is 6.54 Å². The van der Waals surface area contributed by atoms with Crippen LogP contribution < -0.4 is 5.32 Å². The van der Waals surface area contributed by atoms with E-state index in [0.717, 1.165) is 5.69 Å². The first-order chi connectivity index (χ1) is 10.3. The van der Waals surface area contributed by atoms with E-state index in [0.29, 0.717) is 28.9 Å². The summed E-state index contributed by atoms with van der Waals surface area (Å²) >= 11 is 6.14. The number of halogens is 1. The van der Waals surface area contributed by atoms with Gasteiger partial charge >= 0.3 is 0 Å². The second-order valence-corrected chi connectivity index (χ2v) is 5.76. The molecule has 1 aliphatic carbocycles. The summed E-state index contributed by atoms with van der Waals surface area (Å²) in [6.07, 6.45) is 7.08. The van der Waals surface area contributed by atoms with Gasteiger partial charge in [0.1, 0.15) is 6.07 Å². The highest BCUT2D eigenvalue weighted by molar-refractivity contribution is 6.33. The molecule has 0 atom stereocenters. The molecule has 1 heterocycles. The van der Waals surface area contributed by atoms with E-state index in [4.69, 9.17) is 16.9 Å². The fraction of sp³-hybridized carbons (Fsp3) is 0.375. The second kappa shape index (κ2) is 6.19. The summed E-state index contributed by atoms with van der Waals surface area (Å²) in [5.74, 6) is 0. The van der Waals surface area contributed by atoms with Gasteiger partial charge < -0.3 is 5.32 Å². The Bertz CT molecular complexity index is 665. The molecule has 1 aromatic carbocycles. The van der Waals surface area contributed by atoms with E-state index in [2.05, 4.69) is 21.2 Å². The molecule has 1 aliphatic rings. The normalized spacial score (nSPS) is 15.0. The Labute approximate surface area is 129 Å². The number of aromatic nitrogens is 2. The first kappa shape index (κ1) is 14.0. The molecule has 3 rings (SSSR count). The van der Waals surface area contributed by atoms with Crippen molar-refractivity contribution in [2.24, 2.45) is 0 Å². The molecule has 0 bridgehead atoms. The minimum atomic E-state index is 0.550. The topological polar surface area (TPSA) is 53.6 Å². The average Bonchev–Trinajstić information content (AvgIpc) is 3.16. The lowest BCUT2D eigenvalue weighted by molar-refractivity contribution is 0.463. The maximum absolute atomic E-state index is 9.12. The number of nitrogens with zero attached hydrogens (tertiary/aromatic N) is 3. The molecule has 108 valence electrons. The van der Waals surface area contributed by atoms with Crippen LogP contribution in [-0.4, -0.2) is 9.78 Å². The predicted octanol–water partition coefficient (Wildman–Crippen LogP) is 4.14. The summed E-state index contributed by atoms with van der Waals surface area (Å²) < 4.78 is 2.07. The molecule has 2 aromatic rings. The van der Waals surface area contributed by atoms with Crippen LogP contribution >= 0.6 is 11.6 Å². The van der Waals surface area contributed by atoms with Crippen LogP contribution in [0.3, 0.4) is 0 Å². The molecule has 0 saturated heterocycles. The largest absolute Gasteiger partial charge is 0.377 e. The van der Waals surface area contributed by atoms with Gasteiger partial charge in [0, 0.05) is 6.20 Å². The van der Waals surface area contributed by atoms with Gasteiger partial charge in [0.05, 0.1) is 34.6 Å². The fourth-order valence-corrected chi connectivity index (χ4v) is 3.06. The van der Waals surface area contributed by atoms with Gasteiger partial charge in [0.25, 0.3) is 0 Å². The number of hydrogen-bond donors (Lipinski definition) is 1. The summed E-state index contributed by atoms with van der Waals surface area (Å²) in [7, 11) is 0. The van der Waals surface area contributed by atoms with Gasteiger partial charge in [-0.05, 0) is 31.0 Å². The van der Waals surface area contributed by atoms with E-state index < -0.39 is 0 Å². The standard InChI is InChI=1S/C16H17ClN4/c17-15-7-3-4-12(10-18)16(15)19-11-13-8-9-21(20-13)14-5-1-2-6-14/h3-4,7-9,14,19H,1-2,5-6,11H2. The Hall–Kier alpha value is -1.99. The SMILES string of the molecule is N#Cc1cccc(Cl)c1NCc1ccn(C2CCCC2)n1. The molecular formula is C16H17ClN4. The molecule has 1 fully saturated rings. The van der Waals surface area contributed by atoms with E-state index in [1.54, 1.807) is 18.2 Å². The zero-order valence-electron chi connectivity index (χ0n) is 11.7. The third-order valence-corrected chi connectivity index (χ3v) is 4.26. The molecule has 1 saturated carbocycles. The van der Waals surface area contributed by atoms with Crippen LogP contribution in [0.15, 0.2) is 30.5 Å². The van der Waals surface area contributed by atoms with Gasteiger partial charge in [-0.15, -0.1) is 0 Å². The van der Waals surface area contributed by atoms with Crippen LogP contribution in [0.25, 0.3) is 0 Å². The lowest BCUT2D eigenvalue weighted by Crippen LogP contribution is -2.07. The smallest absolute Gasteiger partial charge is 0.101 e. The van der Waals surface area contributed by atoms with Crippen molar-refractivity contribution in [3.05, 3.63) is 46.7 Å². The Morgan fingerprint density at radius 3 is 2.90 bits per heavy atom. The van der Waals surface area contributed by atoms with Crippen molar-refractivity contribution in [1.82, 2.24) is 9.78 Å². The third-order valence-electron chi connectivity index (χ3n) is 3.94. The Kier molecular flexibility index (Phi) is 4.12. The van der Waals surface area contributed by atoms with Crippen LogP contribution in [0.5, 0.6) is 0 Å². The van der Waals surface area contributed by atoms with E-state index in [-0.39, 0.29) is 0 Å². The summed E-state index contributed by atoms with van der Waals surface area (Å²) in [6.45, 7) is 0.568. The highest BCUT2D eigenvalue weighted by atomic mass is 35.5. The van der Waals surface area contributed by atoms with Crippen molar-refractivity contribution in [3.63, 3.8) is 0 Å². The summed E-state index contributed by atoms with van der Waals surface area (Å²) in [6, 6.07) is 10.0. The lowest BCUT2D eigenvalue weighted by Gasteiger charge is -2.10. The number of benzene rings is 1. The van der Waals surface area contributed by atoms with Crippen LogP contribution in [0, 0.1) is 11.3 Å². The summed E-state index contributed by atoms with van der Waals surface area (Å²) in [5.41, 5.74) is 2.19. The average molecular weight is 301 g/mol. The molecule has 1 aromatic heterocycles. The Balaban J connectivity index is 1.70. The summed E-state index contributed by atoms with van der Waals surface area (Å²) in [4.78, 5) is 0. The van der Waals surface area contributed by atoms with Crippen LogP contribution in [0.1, 0.15) is 43.0 Å². The van der Waals surface area contributed by atoms with Crippen molar-refractivity contribution >= 4 is 17.3 Å². The first-order valence-corrected chi connectivity index (χ1v) is 7.62. The third kappa shape index (κ3) is 3.03. The van der Waals surface area contributed by atoms with Gasteiger partial charge in [-0.1, -0.05) is 30.5 Å². The van der Waals surface area contributed by atoms with E-state index in [9.17, 15) is 0 Å². The van der Waals surface area contributed by atoms with Crippen LogP contribution in [0.2, 0.25) is 5.02 Å². The second-order valence-electron chi connectivity index (χ2n) is 5.35. The van der Waals surface area contributed by atoms with Crippen molar-refractivity contribution in [2.75, 3.05) is 5.32 Å². The maximum Gasteiger partial charge on any atom is 0.101 e. The Morgan fingerprint density at radius 1 is 1.33 bits per heavy atom. The van der Waals surface area contributed by atoms with E-state index in [1.165, 1.54) is 25.7 Å². The van der Waals surface area contributed by atoms with Crippen molar-refractivity contribution in [3.8, 4) is 6.07 Å². The zero-order valence-corrected chi connectivity index (χ0v) is 12.5. The molecule has 21 heavy (non-hydrogen) atoms. The highest BCUT2D eigenvalue weighted by Crippen LogP contribution is 2.29. The molecule has 1 N–H and O–H groups in total. The number of rotatable bonds is 4. The summed E-state index contributed by atoms with van der Waals surface area (Å²) in [5, 5.41) is 17.5. The molecular weight excluding hydrogens is 284 g/mol. The molecule has 5 heteroatoms. The van der Waals surface area contributed by atoms with Gasteiger partial charge in [-0.2, -0.15) is 10.4 Å². The fourth-order valence-electron chi connectivity index (χ4n) is 2.82. The van der Waals surface area contributed by atoms with Crippen LogP contribution in [0.4, 0.5) is 5.69 Å². The lowest BCUT2D eigenvalue weighted by atomic mass is 10.2. The molecule has 0 unspecified atom stereocenters. The molecule has 0 spiro atoms. The molecule has 0 aliphatic heterocycles. The van der Waals surface area contributed by atoms with Gasteiger partial charge in [-0.25, -0.2) is 0 Å². The van der Waals surface area contributed by atoms with Gasteiger partial charge in [-0.3, -0.25) is 4.68 Å². The Morgan fingerprint density at radius 2 is 2.14 bits per heavy atom. The maximum atomic E-state index is 9.12. The number of hydrogen-bond acceptors (Lipinski definition) is 3. The number of anilines is 1.